The molecule has 1 aliphatic rings. The van der Waals surface area contributed by atoms with Crippen molar-refractivity contribution in [2.45, 2.75) is 38.6 Å². The highest BCUT2D eigenvalue weighted by Gasteiger charge is 2.23. The summed E-state index contributed by atoms with van der Waals surface area (Å²) in [6.07, 6.45) is 4.36. The number of thioether (sulfide) groups is 1. The first-order chi connectivity index (χ1) is 8.77. The maximum atomic E-state index is 4.78. The fourth-order valence-electron chi connectivity index (χ4n) is 2.66. The monoisotopic (exact) mass is 261 g/mol. The Morgan fingerprint density at radius 2 is 2.11 bits per heavy atom. The van der Waals surface area contributed by atoms with Gasteiger partial charge in [0.1, 0.15) is 11.3 Å². The van der Waals surface area contributed by atoms with Crippen LogP contribution in [0.2, 0.25) is 0 Å². The molecule has 0 saturated carbocycles. The average molecular weight is 261 g/mol. The molecule has 0 radical (unpaired) electrons. The second-order valence-corrected chi connectivity index (χ2v) is 6.41. The minimum atomic E-state index is 0.453. The molecule has 0 aromatic carbocycles. The van der Waals surface area contributed by atoms with Crippen LogP contribution in [0.3, 0.4) is 0 Å². The fraction of sp³-hybridized carbons (Fsp3) is 0.571. The number of imidazole rings is 1. The van der Waals surface area contributed by atoms with Crippen molar-refractivity contribution in [3.63, 3.8) is 0 Å². The van der Waals surface area contributed by atoms with Gasteiger partial charge in [0.2, 0.25) is 0 Å². The van der Waals surface area contributed by atoms with Crippen LogP contribution in [0.4, 0.5) is 0 Å². The van der Waals surface area contributed by atoms with Crippen LogP contribution < -0.4 is 0 Å². The van der Waals surface area contributed by atoms with Crippen LogP contribution in [0.5, 0.6) is 0 Å². The fourth-order valence-corrected chi connectivity index (χ4v) is 3.74. The molecule has 3 rings (SSSR count). The van der Waals surface area contributed by atoms with Crippen LogP contribution in [-0.4, -0.2) is 26.0 Å². The summed E-state index contributed by atoms with van der Waals surface area (Å²) in [4.78, 5) is 9.33. The molecule has 4 heteroatoms. The number of aromatic nitrogens is 3. The summed E-state index contributed by atoms with van der Waals surface area (Å²) in [5, 5.41) is 0. The largest absolute Gasteiger partial charge is 0.309 e. The molecule has 0 atom stereocenters. The van der Waals surface area contributed by atoms with E-state index in [0.717, 1.165) is 11.2 Å². The normalized spacial score (nSPS) is 17.7. The third-order valence-electron chi connectivity index (χ3n) is 3.55. The summed E-state index contributed by atoms with van der Waals surface area (Å²) in [6, 6.07) is 4.63. The van der Waals surface area contributed by atoms with Gasteiger partial charge in [-0.25, -0.2) is 9.97 Å². The highest BCUT2D eigenvalue weighted by molar-refractivity contribution is 7.99. The van der Waals surface area contributed by atoms with Crippen LogP contribution in [0.15, 0.2) is 18.3 Å². The molecule has 2 aromatic heterocycles. The molecule has 0 N–H and O–H groups in total. The maximum Gasteiger partial charge on any atom is 0.160 e. The van der Waals surface area contributed by atoms with Gasteiger partial charge in [-0.15, -0.1) is 0 Å². The molecule has 0 bridgehead atoms. The molecule has 2 aromatic rings. The molecule has 0 spiro atoms. The Balaban J connectivity index is 2.14. The molecule has 1 aliphatic heterocycles. The predicted octanol–water partition coefficient (Wildman–Crippen LogP) is 3.62. The van der Waals surface area contributed by atoms with E-state index in [1.54, 1.807) is 0 Å². The summed E-state index contributed by atoms with van der Waals surface area (Å²) < 4.78 is 2.40. The number of hydrogen-bond donors (Lipinski definition) is 0. The Morgan fingerprint density at radius 3 is 2.83 bits per heavy atom. The summed E-state index contributed by atoms with van der Waals surface area (Å²) in [5.41, 5.74) is 2.11. The van der Waals surface area contributed by atoms with E-state index in [4.69, 9.17) is 4.98 Å². The van der Waals surface area contributed by atoms with E-state index in [1.807, 2.05) is 12.3 Å². The molecule has 1 fully saturated rings. The van der Waals surface area contributed by atoms with Gasteiger partial charge in [-0.2, -0.15) is 11.8 Å². The van der Waals surface area contributed by atoms with Crippen molar-refractivity contribution >= 4 is 22.9 Å². The highest BCUT2D eigenvalue weighted by Crippen LogP contribution is 2.32. The zero-order valence-corrected chi connectivity index (χ0v) is 11.8. The van der Waals surface area contributed by atoms with Gasteiger partial charge in [-0.1, -0.05) is 13.8 Å². The van der Waals surface area contributed by atoms with Crippen molar-refractivity contribution in [1.29, 1.82) is 0 Å². The lowest BCUT2D eigenvalue weighted by Crippen LogP contribution is -2.18. The van der Waals surface area contributed by atoms with Crippen molar-refractivity contribution in [3.8, 4) is 0 Å². The Morgan fingerprint density at radius 1 is 1.33 bits per heavy atom. The molecule has 0 unspecified atom stereocenters. The van der Waals surface area contributed by atoms with Crippen molar-refractivity contribution in [1.82, 2.24) is 14.5 Å². The molecular formula is C14H19N3S. The average Bonchev–Trinajstić information content (AvgIpc) is 2.79. The lowest BCUT2D eigenvalue weighted by Gasteiger charge is -2.25. The molecule has 0 amide bonds. The Hall–Kier alpha value is -1.03. The van der Waals surface area contributed by atoms with E-state index in [-0.39, 0.29) is 0 Å². The van der Waals surface area contributed by atoms with Crippen LogP contribution >= 0.6 is 11.8 Å². The Bertz CT molecular complexity index is 541. The quantitative estimate of drug-likeness (QED) is 0.827. The maximum absolute atomic E-state index is 4.78. The molecule has 1 saturated heterocycles. The molecule has 96 valence electrons. The third-order valence-corrected chi connectivity index (χ3v) is 4.60. The van der Waals surface area contributed by atoms with Crippen molar-refractivity contribution in [3.05, 3.63) is 24.2 Å². The first-order valence-electron chi connectivity index (χ1n) is 6.68. The number of pyridine rings is 1. The van der Waals surface area contributed by atoms with Gasteiger partial charge in [0.05, 0.1) is 0 Å². The van der Waals surface area contributed by atoms with Crippen LogP contribution in [0, 0.1) is 0 Å². The van der Waals surface area contributed by atoms with Crippen LogP contribution in [-0.2, 0) is 0 Å². The van der Waals surface area contributed by atoms with E-state index in [9.17, 15) is 0 Å². The summed E-state index contributed by atoms with van der Waals surface area (Å²) in [5.74, 6) is 4.16. The molecule has 3 nitrogen and oxygen atoms in total. The minimum absolute atomic E-state index is 0.453. The zero-order chi connectivity index (χ0) is 12.5. The van der Waals surface area contributed by atoms with Gasteiger partial charge in [0, 0.05) is 18.2 Å². The SMILES string of the molecule is CC(C)c1nc2cccnc2n1C1CCSCC1. The molecule has 0 aliphatic carbocycles. The highest BCUT2D eigenvalue weighted by atomic mass is 32.2. The smallest absolute Gasteiger partial charge is 0.160 e. The van der Waals surface area contributed by atoms with Gasteiger partial charge in [0.15, 0.2) is 5.65 Å². The summed E-state index contributed by atoms with van der Waals surface area (Å²) in [7, 11) is 0. The third kappa shape index (κ3) is 2.03. The van der Waals surface area contributed by atoms with Gasteiger partial charge in [0.25, 0.3) is 0 Å². The molecule has 3 heterocycles. The number of hydrogen-bond acceptors (Lipinski definition) is 3. The van der Waals surface area contributed by atoms with E-state index in [0.29, 0.717) is 12.0 Å². The van der Waals surface area contributed by atoms with Crippen molar-refractivity contribution in [2.24, 2.45) is 0 Å². The van der Waals surface area contributed by atoms with Gasteiger partial charge >= 0.3 is 0 Å². The van der Waals surface area contributed by atoms with E-state index in [2.05, 4.69) is 41.2 Å². The number of fused-ring (bicyclic) bond motifs is 1. The first kappa shape index (κ1) is 12.0. The Labute approximate surface area is 112 Å². The van der Waals surface area contributed by atoms with Gasteiger partial charge in [-0.3, -0.25) is 0 Å². The van der Waals surface area contributed by atoms with Crippen molar-refractivity contribution < 1.29 is 0 Å². The first-order valence-corrected chi connectivity index (χ1v) is 7.83. The second kappa shape index (κ2) is 4.92. The van der Waals surface area contributed by atoms with Crippen LogP contribution in [0.1, 0.15) is 44.5 Å². The number of rotatable bonds is 2. The van der Waals surface area contributed by atoms with E-state index >= 15 is 0 Å². The topological polar surface area (TPSA) is 30.7 Å². The predicted molar refractivity (Wildman–Crippen MR) is 77.2 cm³/mol. The zero-order valence-electron chi connectivity index (χ0n) is 11.0. The standard InChI is InChI=1S/C14H19N3S/c1-10(2)13-16-12-4-3-7-15-14(12)17(13)11-5-8-18-9-6-11/h3-4,7,10-11H,5-6,8-9H2,1-2H3. The van der Waals surface area contributed by atoms with Gasteiger partial charge in [-0.05, 0) is 36.5 Å². The number of nitrogens with zero attached hydrogens (tertiary/aromatic N) is 3. The van der Waals surface area contributed by atoms with Gasteiger partial charge < -0.3 is 4.57 Å². The van der Waals surface area contributed by atoms with Crippen LogP contribution in [0.25, 0.3) is 11.2 Å². The molecule has 18 heavy (non-hydrogen) atoms. The summed E-state index contributed by atoms with van der Waals surface area (Å²) >= 11 is 2.06. The van der Waals surface area contributed by atoms with Crippen molar-refractivity contribution in [2.75, 3.05) is 11.5 Å². The lowest BCUT2D eigenvalue weighted by molar-refractivity contribution is 0.454. The summed E-state index contributed by atoms with van der Waals surface area (Å²) in [6.45, 7) is 4.44. The molecular weight excluding hydrogens is 242 g/mol. The second-order valence-electron chi connectivity index (χ2n) is 5.18. The lowest BCUT2D eigenvalue weighted by atomic mass is 10.1. The Kier molecular flexibility index (Phi) is 3.29. The van der Waals surface area contributed by atoms with E-state index < -0.39 is 0 Å². The van der Waals surface area contributed by atoms with E-state index in [1.165, 1.54) is 30.2 Å². The minimum Gasteiger partial charge on any atom is -0.309 e.